The van der Waals surface area contributed by atoms with Gasteiger partial charge in [0.05, 0.1) is 17.1 Å². The average molecular weight is 386 g/mol. The number of carbonyl (C=O) groups is 3. The number of amides is 2. The Bertz CT molecular complexity index is 1050. The molecule has 0 saturated carbocycles. The van der Waals surface area contributed by atoms with Crippen LogP contribution in [0.5, 0.6) is 0 Å². The van der Waals surface area contributed by atoms with Crippen molar-refractivity contribution in [3.63, 3.8) is 0 Å². The lowest BCUT2D eigenvalue weighted by molar-refractivity contribution is 0.0999. The number of aromatic nitrogens is 3. The van der Waals surface area contributed by atoms with E-state index in [-0.39, 0.29) is 17.4 Å². The smallest absolute Gasteiger partial charge is 0.275 e. The Morgan fingerprint density at radius 3 is 2.07 bits per heavy atom. The van der Waals surface area contributed by atoms with Gasteiger partial charge in [0.2, 0.25) is 0 Å². The van der Waals surface area contributed by atoms with Crippen molar-refractivity contribution < 1.29 is 14.4 Å². The van der Waals surface area contributed by atoms with Gasteiger partial charge in [-0.2, -0.15) is 0 Å². The van der Waals surface area contributed by atoms with Crippen molar-refractivity contribution in [3.05, 3.63) is 47.0 Å². The number of nitrogens with one attached hydrogen (secondary N) is 2. The van der Waals surface area contributed by atoms with Crippen LogP contribution in [0.3, 0.4) is 0 Å². The SMILES string of the molecule is CC(=O)c1cc(NC(=O)c2cc(NC(=O)c3csc(N)n3)cn2C)cn1C. The molecule has 0 fully saturated rings. The van der Waals surface area contributed by atoms with E-state index in [1.807, 2.05) is 0 Å². The Labute approximate surface area is 158 Å². The lowest BCUT2D eigenvalue weighted by Crippen LogP contribution is -2.15. The Kier molecular flexibility index (Phi) is 4.82. The van der Waals surface area contributed by atoms with Crippen molar-refractivity contribution in [3.8, 4) is 0 Å². The zero-order valence-electron chi connectivity index (χ0n) is 14.9. The molecule has 140 valence electrons. The van der Waals surface area contributed by atoms with Gasteiger partial charge in [-0.25, -0.2) is 4.98 Å². The molecule has 3 aromatic rings. The Hall–Kier alpha value is -3.40. The summed E-state index contributed by atoms with van der Waals surface area (Å²) in [5.41, 5.74) is 7.55. The molecule has 10 heteroatoms. The second kappa shape index (κ2) is 7.08. The minimum atomic E-state index is -0.408. The molecular weight excluding hydrogens is 368 g/mol. The largest absolute Gasteiger partial charge is 0.375 e. The molecule has 3 aromatic heterocycles. The number of aryl methyl sites for hydroxylation is 2. The Morgan fingerprint density at radius 2 is 1.56 bits per heavy atom. The van der Waals surface area contributed by atoms with Crippen molar-refractivity contribution in [2.45, 2.75) is 6.92 Å². The van der Waals surface area contributed by atoms with E-state index in [9.17, 15) is 14.4 Å². The number of thiazole rings is 1. The molecule has 0 aliphatic rings. The van der Waals surface area contributed by atoms with E-state index < -0.39 is 5.91 Å². The number of nitrogens with zero attached hydrogens (tertiary/aromatic N) is 3. The highest BCUT2D eigenvalue weighted by Crippen LogP contribution is 2.19. The first-order valence-electron chi connectivity index (χ1n) is 7.92. The normalized spacial score (nSPS) is 10.6. The van der Waals surface area contributed by atoms with Crippen LogP contribution < -0.4 is 16.4 Å². The second-order valence-corrected chi connectivity index (χ2v) is 6.87. The summed E-state index contributed by atoms with van der Waals surface area (Å²) in [7, 11) is 3.42. The van der Waals surface area contributed by atoms with Gasteiger partial charge in [-0.3, -0.25) is 14.4 Å². The van der Waals surface area contributed by atoms with Gasteiger partial charge >= 0.3 is 0 Å². The molecule has 0 saturated heterocycles. The average Bonchev–Trinajstić information content (AvgIpc) is 3.26. The number of anilines is 3. The maximum Gasteiger partial charge on any atom is 0.275 e. The Balaban J connectivity index is 1.73. The number of carbonyl (C=O) groups excluding carboxylic acids is 3. The van der Waals surface area contributed by atoms with Gasteiger partial charge in [0.1, 0.15) is 11.4 Å². The van der Waals surface area contributed by atoms with Crippen LogP contribution in [0.2, 0.25) is 0 Å². The predicted octanol–water partition coefficient (Wildman–Crippen LogP) is 2.11. The minimum Gasteiger partial charge on any atom is -0.375 e. The van der Waals surface area contributed by atoms with Crippen molar-refractivity contribution in [1.82, 2.24) is 14.1 Å². The van der Waals surface area contributed by atoms with Gasteiger partial charge in [-0.15, -0.1) is 11.3 Å². The van der Waals surface area contributed by atoms with Crippen molar-refractivity contribution >= 4 is 45.4 Å². The van der Waals surface area contributed by atoms with E-state index >= 15 is 0 Å². The van der Waals surface area contributed by atoms with E-state index in [0.29, 0.717) is 27.9 Å². The number of hydrogen-bond donors (Lipinski definition) is 3. The van der Waals surface area contributed by atoms with E-state index in [1.54, 1.807) is 53.1 Å². The zero-order chi connectivity index (χ0) is 19.7. The summed E-state index contributed by atoms with van der Waals surface area (Å²) in [6.07, 6.45) is 3.28. The van der Waals surface area contributed by atoms with Crippen LogP contribution in [0.4, 0.5) is 16.5 Å². The molecule has 0 atom stereocenters. The van der Waals surface area contributed by atoms with E-state index in [4.69, 9.17) is 5.73 Å². The number of Topliss-reactive ketones (excluding diaryl/α,β-unsaturated/α-hetero) is 1. The molecule has 27 heavy (non-hydrogen) atoms. The molecular formula is C17H18N6O3S. The van der Waals surface area contributed by atoms with E-state index in [2.05, 4.69) is 15.6 Å². The first-order valence-corrected chi connectivity index (χ1v) is 8.80. The molecule has 0 aliphatic carbocycles. The first-order chi connectivity index (χ1) is 12.7. The lowest BCUT2D eigenvalue weighted by atomic mass is 10.3. The summed E-state index contributed by atoms with van der Waals surface area (Å²) in [6.45, 7) is 1.46. The highest BCUT2D eigenvalue weighted by molar-refractivity contribution is 7.13. The highest BCUT2D eigenvalue weighted by Gasteiger charge is 2.17. The summed E-state index contributed by atoms with van der Waals surface area (Å²) < 4.78 is 3.24. The summed E-state index contributed by atoms with van der Waals surface area (Å²) in [5.74, 6) is -0.865. The molecule has 0 spiro atoms. The van der Waals surface area contributed by atoms with E-state index in [0.717, 1.165) is 0 Å². The van der Waals surface area contributed by atoms with Gasteiger partial charge < -0.3 is 25.5 Å². The monoisotopic (exact) mass is 386 g/mol. The fraction of sp³-hybridized carbons (Fsp3) is 0.176. The standard InChI is InChI=1S/C17H18N6O3S/c1-9(24)13-4-10(6-22(13)2)20-16(26)14-5-11(7-23(14)3)19-15(25)12-8-27-17(18)21-12/h4-8H,1-3H3,(H2,18,21)(H,19,25)(H,20,26). The molecule has 0 radical (unpaired) electrons. The first kappa shape index (κ1) is 18.4. The zero-order valence-corrected chi connectivity index (χ0v) is 15.8. The molecule has 3 rings (SSSR count). The predicted molar refractivity (Wildman–Crippen MR) is 103 cm³/mol. The fourth-order valence-electron chi connectivity index (χ4n) is 2.62. The van der Waals surface area contributed by atoms with Crippen LogP contribution in [0.25, 0.3) is 0 Å². The lowest BCUT2D eigenvalue weighted by Gasteiger charge is -2.03. The Morgan fingerprint density at radius 1 is 1.00 bits per heavy atom. The molecule has 0 bridgehead atoms. The number of rotatable bonds is 5. The van der Waals surface area contributed by atoms with Gasteiger partial charge in [-0.05, 0) is 12.1 Å². The van der Waals surface area contributed by atoms with Gasteiger partial charge in [0, 0.05) is 38.8 Å². The van der Waals surface area contributed by atoms with Crippen molar-refractivity contribution in [2.24, 2.45) is 14.1 Å². The van der Waals surface area contributed by atoms with Crippen molar-refractivity contribution in [1.29, 1.82) is 0 Å². The maximum absolute atomic E-state index is 12.5. The summed E-state index contributed by atoms with van der Waals surface area (Å²) in [4.78, 5) is 40.1. The van der Waals surface area contributed by atoms with Crippen LogP contribution in [-0.4, -0.2) is 31.7 Å². The topological polar surface area (TPSA) is 124 Å². The third-order valence-electron chi connectivity index (χ3n) is 3.87. The molecule has 9 nitrogen and oxygen atoms in total. The number of nitrogen functional groups attached to an aromatic ring is 1. The summed E-state index contributed by atoms with van der Waals surface area (Å²) >= 11 is 1.17. The highest BCUT2D eigenvalue weighted by atomic mass is 32.1. The van der Waals surface area contributed by atoms with Gasteiger partial charge in [0.25, 0.3) is 11.8 Å². The summed E-state index contributed by atoms with van der Waals surface area (Å²) in [6, 6.07) is 3.16. The quantitative estimate of drug-likeness (QED) is 0.579. The van der Waals surface area contributed by atoms with E-state index in [1.165, 1.54) is 18.3 Å². The molecule has 0 aromatic carbocycles. The minimum absolute atomic E-state index is 0.0930. The van der Waals surface area contributed by atoms with Crippen molar-refractivity contribution in [2.75, 3.05) is 16.4 Å². The number of ketones is 1. The van der Waals surface area contributed by atoms with Crippen LogP contribution in [0.1, 0.15) is 38.4 Å². The second-order valence-electron chi connectivity index (χ2n) is 5.99. The molecule has 4 N–H and O–H groups in total. The molecule has 0 aliphatic heterocycles. The third kappa shape index (κ3) is 3.90. The van der Waals surface area contributed by atoms with Gasteiger partial charge in [-0.1, -0.05) is 0 Å². The molecule has 2 amide bonds. The third-order valence-corrected chi connectivity index (χ3v) is 4.55. The van der Waals surface area contributed by atoms with Crippen LogP contribution >= 0.6 is 11.3 Å². The van der Waals surface area contributed by atoms with Crippen LogP contribution in [0.15, 0.2) is 29.9 Å². The molecule has 0 unspecified atom stereocenters. The fourth-order valence-corrected chi connectivity index (χ4v) is 3.17. The maximum atomic E-state index is 12.5. The number of nitrogens with two attached hydrogens (primary N) is 1. The van der Waals surface area contributed by atoms with Crippen LogP contribution in [-0.2, 0) is 14.1 Å². The summed E-state index contributed by atoms with van der Waals surface area (Å²) in [5, 5.41) is 7.29. The van der Waals surface area contributed by atoms with Crippen LogP contribution in [0, 0.1) is 0 Å². The number of hydrogen-bond acceptors (Lipinski definition) is 6. The van der Waals surface area contributed by atoms with Gasteiger partial charge in [0.15, 0.2) is 10.9 Å². The molecule has 3 heterocycles.